The van der Waals surface area contributed by atoms with Crippen molar-refractivity contribution in [3.8, 4) is 11.3 Å². The van der Waals surface area contributed by atoms with Crippen LogP contribution in [0.3, 0.4) is 0 Å². The van der Waals surface area contributed by atoms with Crippen molar-refractivity contribution in [3.05, 3.63) is 39.3 Å². The van der Waals surface area contributed by atoms with Crippen molar-refractivity contribution < 1.29 is 4.79 Å². The Labute approximate surface area is 133 Å². The second kappa shape index (κ2) is 6.36. The molecule has 0 radical (unpaired) electrons. The number of likely N-dealkylation sites (tertiary alicyclic amines) is 1. The van der Waals surface area contributed by atoms with E-state index in [-0.39, 0.29) is 17.3 Å². The topological polar surface area (TPSA) is 68.3 Å². The molecule has 6 heteroatoms. The zero-order valence-corrected chi connectivity index (χ0v) is 13.1. The molecule has 0 aliphatic carbocycles. The van der Waals surface area contributed by atoms with Crippen LogP contribution in [0.25, 0.3) is 11.3 Å². The fourth-order valence-electron chi connectivity index (χ4n) is 2.78. The molecule has 1 aliphatic heterocycles. The van der Waals surface area contributed by atoms with Gasteiger partial charge in [-0.25, -0.2) is 0 Å². The van der Waals surface area contributed by atoms with E-state index >= 15 is 0 Å². The number of carbonyl (C=O) groups excluding carboxylic acids is 1. The van der Waals surface area contributed by atoms with Crippen LogP contribution in [0.5, 0.6) is 0 Å². The summed E-state index contributed by atoms with van der Waals surface area (Å²) in [5.74, 6) is 0.0188. The first-order valence-corrected chi connectivity index (χ1v) is 8.35. The van der Waals surface area contributed by atoms with Gasteiger partial charge in [-0.05, 0) is 31.4 Å². The minimum absolute atomic E-state index is 0.0188. The van der Waals surface area contributed by atoms with Crippen molar-refractivity contribution >= 4 is 22.9 Å². The molecule has 0 unspecified atom stereocenters. The summed E-state index contributed by atoms with van der Waals surface area (Å²) < 4.78 is 1.55. The molecule has 2 aromatic rings. The van der Waals surface area contributed by atoms with Crippen molar-refractivity contribution in [1.82, 2.24) is 9.47 Å². The number of aromatic nitrogens is 1. The lowest BCUT2D eigenvalue weighted by Crippen LogP contribution is -2.39. The number of rotatable bonds is 3. The fourth-order valence-corrected chi connectivity index (χ4v) is 3.55. The van der Waals surface area contributed by atoms with Gasteiger partial charge in [-0.2, -0.15) is 0 Å². The standard InChI is InChI=1S/C16H19N3O2S/c17-13-6-4-5-12(9-13)14-11-22-16(21)19(14)10-15(20)18-7-2-1-3-8-18/h4-6,9,11H,1-3,7-8,10,17H2. The van der Waals surface area contributed by atoms with Gasteiger partial charge in [0, 0.05) is 29.7 Å². The molecule has 1 fully saturated rings. The summed E-state index contributed by atoms with van der Waals surface area (Å²) in [6.45, 7) is 1.70. The molecule has 1 amide bonds. The van der Waals surface area contributed by atoms with Crippen LogP contribution >= 0.6 is 11.3 Å². The highest BCUT2D eigenvalue weighted by Crippen LogP contribution is 2.22. The molecular formula is C16H19N3O2S. The Kier molecular flexibility index (Phi) is 4.29. The Bertz CT molecular complexity index is 729. The summed E-state index contributed by atoms with van der Waals surface area (Å²) in [7, 11) is 0. The second-order valence-electron chi connectivity index (χ2n) is 5.54. The van der Waals surface area contributed by atoms with E-state index in [0.29, 0.717) is 5.69 Å². The number of anilines is 1. The summed E-state index contributed by atoms with van der Waals surface area (Å²) in [5, 5.41) is 1.79. The summed E-state index contributed by atoms with van der Waals surface area (Å²) >= 11 is 1.12. The largest absolute Gasteiger partial charge is 0.399 e. The maximum Gasteiger partial charge on any atom is 0.308 e. The number of carbonyl (C=O) groups is 1. The third-order valence-electron chi connectivity index (χ3n) is 3.97. The lowest BCUT2D eigenvalue weighted by atomic mass is 10.1. The molecule has 3 rings (SSSR count). The van der Waals surface area contributed by atoms with Crippen LogP contribution in [-0.2, 0) is 11.3 Å². The van der Waals surface area contributed by atoms with Gasteiger partial charge in [0.15, 0.2) is 0 Å². The van der Waals surface area contributed by atoms with Gasteiger partial charge < -0.3 is 10.6 Å². The van der Waals surface area contributed by atoms with Crippen molar-refractivity contribution in [1.29, 1.82) is 0 Å². The van der Waals surface area contributed by atoms with Gasteiger partial charge in [0.2, 0.25) is 5.91 Å². The Morgan fingerprint density at radius 1 is 1.23 bits per heavy atom. The first-order valence-electron chi connectivity index (χ1n) is 7.47. The van der Waals surface area contributed by atoms with Crippen molar-refractivity contribution in [2.75, 3.05) is 18.8 Å². The zero-order valence-electron chi connectivity index (χ0n) is 12.3. The summed E-state index contributed by atoms with van der Waals surface area (Å²) in [4.78, 5) is 26.3. The average Bonchev–Trinajstić information content (AvgIpc) is 2.89. The van der Waals surface area contributed by atoms with Gasteiger partial charge in [0.05, 0.1) is 5.69 Å². The van der Waals surface area contributed by atoms with Crippen molar-refractivity contribution in [3.63, 3.8) is 0 Å². The van der Waals surface area contributed by atoms with Gasteiger partial charge in [-0.1, -0.05) is 23.5 Å². The summed E-state index contributed by atoms with van der Waals surface area (Å²) in [6.07, 6.45) is 3.27. The molecule has 5 nitrogen and oxygen atoms in total. The highest BCUT2D eigenvalue weighted by molar-refractivity contribution is 7.07. The van der Waals surface area contributed by atoms with Crippen LogP contribution in [0.1, 0.15) is 19.3 Å². The van der Waals surface area contributed by atoms with E-state index in [1.54, 1.807) is 16.0 Å². The number of nitrogen functional groups attached to an aromatic ring is 1. The van der Waals surface area contributed by atoms with E-state index in [1.807, 2.05) is 23.1 Å². The summed E-state index contributed by atoms with van der Waals surface area (Å²) in [6, 6.07) is 7.38. The molecule has 116 valence electrons. The Balaban J connectivity index is 1.86. The van der Waals surface area contributed by atoms with Gasteiger partial charge in [-0.15, -0.1) is 0 Å². The van der Waals surface area contributed by atoms with Crippen LogP contribution in [0.15, 0.2) is 34.4 Å². The van der Waals surface area contributed by atoms with E-state index in [1.165, 1.54) is 6.42 Å². The molecule has 1 aliphatic rings. The molecule has 0 bridgehead atoms. The average molecular weight is 317 g/mol. The van der Waals surface area contributed by atoms with Crippen LogP contribution < -0.4 is 10.6 Å². The maximum absolute atomic E-state index is 12.4. The minimum atomic E-state index is -0.109. The number of nitrogens with two attached hydrogens (primary N) is 1. The molecule has 2 heterocycles. The number of hydrogen-bond acceptors (Lipinski definition) is 4. The van der Waals surface area contributed by atoms with Gasteiger partial charge in [0.25, 0.3) is 0 Å². The van der Waals surface area contributed by atoms with Crippen LogP contribution in [0, 0.1) is 0 Å². The number of thiazole rings is 1. The Morgan fingerprint density at radius 3 is 2.73 bits per heavy atom. The van der Waals surface area contributed by atoms with E-state index in [4.69, 9.17) is 5.73 Å². The van der Waals surface area contributed by atoms with Gasteiger partial charge in [0.1, 0.15) is 6.54 Å². The van der Waals surface area contributed by atoms with Crippen molar-refractivity contribution in [2.24, 2.45) is 0 Å². The maximum atomic E-state index is 12.4. The molecule has 0 saturated carbocycles. The Hall–Kier alpha value is -2.08. The normalized spacial score (nSPS) is 15.0. The molecule has 2 N–H and O–H groups in total. The third-order valence-corrected chi connectivity index (χ3v) is 4.73. The highest BCUT2D eigenvalue weighted by Gasteiger charge is 2.19. The molecule has 1 saturated heterocycles. The number of nitrogens with zero attached hydrogens (tertiary/aromatic N) is 2. The predicted octanol–water partition coefficient (Wildman–Crippen LogP) is 2.17. The summed E-state index contributed by atoms with van der Waals surface area (Å²) in [5.41, 5.74) is 8.08. The number of benzene rings is 1. The fraction of sp³-hybridized carbons (Fsp3) is 0.375. The highest BCUT2D eigenvalue weighted by atomic mass is 32.1. The van der Waals surface area contributed by atoms with E-state index in [0.717, 1.165) is 48.5 Å². The van der Waals surface area contributed by atoms with Crippen molar-refractivity contribution in [2.45, 2.75) is 25.8 Å². The second-order valence-corrected chi connectivity index (χ2v) is 6.36. The molecule has 1 aromatic carbocycles. The number of hydrogen-bond donors (Lipinski definition) is 1. The quantitative estimate of drug-likeness (QED) is 0.882. The lowest BCUT2D eigenvalue weighted by molar-refractivity contribution is -0.132. The smallest absolute Gasteiger partial charge is 0.308 e. The predicted molar refractivity (Wildman–Crippen MR) is 88.9 cm³/mol. The van der Waals surface area contributed by atoms with Gasteiger partial charge in [-0.3, -0.25) is 14.2 Å². The zero-order chi connectivity index (χ0) is 15.5. The molecule has 0 atom stereocenters. The van der Waals surface area contributed by atoms with Crippen LogP contribution in [0.4, 0.5) is 5.69 Å². The lowest BCUT2D eigenvalue weighted by Gasteiger charge is -2.27. The van der Waals surface area contributed by atoms with Crippen LogP contribution in [0.2, 0.25) is 0 Å². The minimum Gasteiger partial charge on any atom is -0.399 e. The van der Waals surface area contributed by atoms with Gasteiger partial charge >= 0.3 is 4.87 Å². The molecule has 1 aromatic heterocycles. The molecular weight excluding hydrogens is 298 g/mol. The molecule has 22 heavy (non-hydrogen) atoms. The number of amides is 1. The van der Waals surface area contributed by atoms with E-state index in [2.05, 4.69) is 0 Å². The van der Waals surface area contributed by atoms with Crippen LogP contribution in [-0.4, -0.2) is 28.5 Å². The monoisotopic (exact) mass is 317 g/mol. The number of piperidine rings is 1. The Morgan fingerprint density at radius 2 is 2.00 bits per heavy atom. The first kappa shape index (κ1) is 14.8. The third kappa shape index (κ3) is 3.06. The molecule has 0 spiro atoms. The SMILES string of the molecule is Nc1cccc(-c2csc(=O)n2CC(=O)N2CCCCC2)c1. The first-order chi connectivity index (χ1) is 10.6. The van der Waals surface area contributed by atoms with E-state index < -0.39 is 0 Å². The van der Waals surface area contributed by atoms with E-state index in [9.17, 15) is 9.59 Å².